The molecule has 2 amide bonds. The maximum Gasteiger partial charge on any atom is 0.241 e. The molecule has 26 heavy (non-hydrogen) atoms. The number of anilines is 2. The third-order valence-corrected chi connectivity index (χ3v) is 3.91. The first kappa shape index (κ1) is 19.4. The Morgan fingerprint density at radius 2 is 1.88 bits per heavy atom. The van der Waals surface area contributed by atoms with Gasteiger partial charge in [-0.1, -0.05) is 18.2 Å². The van der Waals surface area contributed by atoms with Crippen LogP contribution in [0.4, 0.5) is 15.8 Å². The normalized spacial score (nSPS) is 11.7. The molecule has 138 valence electrons. The van der Waals surface area contributed by atoms with Crippen LogP contribution in [0, 0.1) is 5.82 Å². The molecule has 0 bridgehead atoms. The molecule has 2 aromatic carbocycles. The highest BCUT2D eigenvalue weighted by atomic mass is 19.1. The highest BCUT2D eigenvalue weighted by Gasteiger charge is 2.21. The Bertz CT molecular complexity index is 782. The van der Waals surface area contributed by atoms with Crippen LogP contribution in [0.3, 0.4) is 0 Å². The minimum absolute atomic E-state index is 0.0168. The van der Waals surface area contributed by atoms with Gasteiger partial charge in [-0.3, -0.25) is 14.5 Å². The van der Waals surface area contributed by atoms with Crippen LogP contribution in [0.2, 0.25) is 0 Å². The zero-order chi connectivity index (χ0) is 19.1. The van der Waals surface area contributed by atoms with Crippen molar-refractivity contribution in [2.45, 2.75) is 13.0 Å². The van der Waals surface area contributed by atoms with Gasteiger partial charge in [0.25, 0.3) is 0 Å². The van der Waals surface area contributed by atoms with Crippen LogP contribution in [-0.4, -0.2) is 43.5 Å². The van der Waals surface area contributed by atoms with Crippen LogP contribution >= 0.6 is 0 Å². The zero-order valence-electron chi connectivity index (χ0n) is 15.0. The summed E-state index contributed by atoms with van der Waals surface area (Å²) in [6, 6.07) is 12.2. The Labute approximate surface area is 152 Å². The van der Waals surface area contributed by atoms with Crippen molar-refractivity contribution >= 4 is 23.2 Å². The number of methoxy groups -OCH3 is 1. The van der Waals surface area contributed by atoms with Gasteiger partial charge in [0.2, 0.25) is 11.8 Å². The highest BCUT2D eigenvalue weighted by molar-refractivity contribution is 5.97. The third-order valence-electron chi connectivity index (χ3n) is 3.91. The van der Waals surface area contributed by atoms with Crippen LogP contribution in [0.1, 0.15) is 6.92 Å². The average Bonchev–Trinajstić information content (AvgIpc) is 2.61. The van der Waals surface area contributed by atoms with E-state index >= 15 is 0 Å². The number of carbonyl (C=O) groups is 2. The van der Waals surface area contributed by atoms with Gasteiger partial charge in [0.15, 0.2) is 0 Å². The minimum Gasteiger partial charge on any atom is -0.495 e. The lowest BCUT2D eigenvalue weighted by Gasteiger charge is -2.23. The Hall–Kier alpha value is -2.93. The molecule has 0 fully saturated rings. The molecule has 2 rings (SSSR count). The Morgan fingerprint density at radius 1 is 1.15 bits per heavy atom. The number of nitrogens with zero attached hydrogens (tertiary/aromatic N) is 1. The largest absolute Gasteiger partial charge is 0.495 e. The van der Waals surface area contributed by atoms with Crippen LogP contribution in [-0.2, 0) is 9.59 Å². The molecule has 0 aliphatic carbocycles. The van der Waals surface area contributed by atoms with E-state index in [1.165, 1.54) is 25.3 Å². The van der Waals surface area contributed by atoms with E-state index in [9.17, 15) is 14.0 Å². The van der Waals surface area contributed by atoms with Crippen molar-refractivity contribution in [3.05, 3.63) is 54.3 Å². The van der Waals surface area contributed by atoms with Gasteiger partial charge in [-0.15, -0.1) is 0 Å². The lowest BCUT2D eigenvalue weighted by Crippen LogP contribution is -2.43. The molecule has 0 saturated carbocycles. The SMILES string of the molecule is COc1ccccc1NC(=O)[C@H](C)N(C)CC(=O)Nc1cccc(F)c1. The number of benzene rings is 2. The summed E-state index contributed by atoms with van der Waals surface area (Å²) in [6.45, 7) is 1.68. The summed E-state index contributed by atoms with van der Waals surface area (Å²) in [7, 11) is 3.19. The third kappa shape index (κ3) is 5.29. The van der Waals surface area contributed by atoms with Crippen molar-refractivity contribution in [1.29, 1.82) is 0 Å². The number of nitrogens with one attached hydrogen (secondary N) is 2. The standard InChI is InChI=1S/C19H22FN3O3/c1-13(19(25)22-16-9-4-5-10-17(16)26-3)23(2)12-18(24)21-15-8-6-7-14(20)11-15/h4-11,13H,12H2,1-3H3,(H,21,24)(H,22,25)/t13-/m0/s1. The number of halogens is 1. The van der Waals surface area contributed by atoms with E-state index in [-0.39, 0.29) is 18.4 Å². The summed E-state index contributed by atoms with van der Waals surface area (Å²) in [6.07, 6.45) is 0. The molecule has 0 heterocycles. The second-order valence-electron chi connectivity index (χ2n) is 5.84. The van der Waals surface area contributed by atoms with E-state index < -0.39 is 11.9 Å². The minimum atomic E-state index is -0.557. The molecule has 0 unspecified atom stereocenters. The Morgan fingerprint density at radius 3 is 2.58 bits per heavy atom. The number of rotatable bonds is 7. The fraction of sp³-hybridized carbons (Fsp3) is 0.263. The maximum atomic E-state index is 13.2. The van der Waals surface area contributed by atoms with Gasteiger partial charge in [0.05, 0.1) is 25.4 Å². The molecule has 0 aromatic heterocycles. The van der Waals surface area contributed by atoms with Gasteiger partial charge in [-0.25, -0.2) is 4.39 Å². The van der Waals surface area contributed by atoms with E-state index in [1.807, 2.05) is 0 Å². The van der Waals surface area contributed by atoms with Crippen molar-refractivity contribution in [3.63, 3.8) is 0 Å². The van der Waals surface area contributed by atoms with Gasteiger partial charge in [-0.2, -0.15) is 0 Å². The van der Waals surface area contributed by atoms with Gasteiger partial charge < -0.3 is 15.4 Å². The van der Waals surface area contributed by atoms with Crippen molar-refractivity contribution in [2.24, 2.45) is 0 Å². The molecule has 0 spiro atoms. The lowest BCUT2D eigenvalue weighted by molar-refractivity contribution is -0.122. The average molecular weight is 359 g/mol. The first-order valence-corrected chi connectivity index (χ1v) is 8.10. The monoisotopic (exact) mass is 359 g/mol. The van der Waals surface area contributed by atoms with Crippen molar-refractivity contribution in [2.75, 3.05) is 31.3 Å². The van der Waals surface area contributed by atoms with Crippen LogP contribution in [0.25, 0.3) is 0 Å². The number of amides is 2. The van der Waals surface area contributed by atoms with Gasteiger partial charge in [0, 0.05) is 5.69 Å². The van der Waals surface area contributed by atoms with Crippen LogP contribution in [0.15, 0.2) is 48.5 Å². The number of hydrogen-bond donors (Lipinski definition) is 2. The summed E-state index contributed by atoms with van der Waals surface area (Å²) in [5.41, 5.74) is 0.930. The zero-order valence-corrected chi connectivity index (χ0v) is 15.0. The molecule has 0 aliphatic heterocycles. The Kier molecular flexibility index (Phi) is 6.68. The van der Waals surface area contributed by atoms with Gasteiger partial charge in [0.1, 0.15) is 11.6 Å². The van der Waals surface area contributed by atoms with E-state index in [2.05, 4.69) is 10.6 Å². The number of hydrogen-bond acceptors (Lipinski definition) is 4. The highest BCUT2D eigenvalue weighted by Crippen LogP contribution is 2.23. The first-order chi connectivity index (χ1) is 12.4. The summed E-state index contributed by atoms with van der Waals surface area (Å²) in [5, 5.41) is 5.39. The lowest BCUT2D eigenvalue weighted by atomic mass is 10.2. The predicted octanol–water partition coefficient (Wildman–Crippen LogP) is 2.73. The summed E-state index contributed by atoms with van der Waals surface area (Å²) in [4.78, 5) is 26.1. The van der Waals surface area contributed by atoms with Crippen molar-refractivity contribution < 1.29 is 18.7 Å². The first-order valence-electron chi connectivity index (χ1n) is 8.10. The molecular formula is C19H22FN3O3. The smallest absolute Gasteiger partial charge is 0.241 e. The van der Waals surface area contributed by atoms with E-state index in [4.69, 9.17) is 4.74 Å². The Balaban J connectivity index is 1.92. The van der Waals surface area contributed by atoms with E-state index in [1.54, 1.807) is 49.2 Å². The second-order valence-corrected chi connectivity index (χ2v) is 5.84. The number of likely N-dealkylation sites (N-methyl/N-ethyl adjacent to an activating group) is 1. The van der Waals surface area contributed by atoms with Crippen molar-refractivity contribution in [1.82, 2.24) is 4.90 Å². The second kappa shape index (κ2) is 8.96. The molecule has 2 N–H and O–H groups in total. The number of carbonyl (C=O) groups excluding carboxylic acids is 2. The number of ether oxygens (including phenoxy) is 1. The quantitative estimate of drug-likeness (QED) is 0.797. The molecule has 0 radical (unpaired) electrons. The summed E-state index contributed by atoms with van der Waals surface area (Å²) >= 11 is 0. The van der Waals surface area contributed by atoms with Crippen molar-refractivity contribution in [3.8, 4) is 5.75 Å². The molecule has 0 aliphatic rings. The maximum absolute atomic E-state index is 13.2. The topological polar surface area (TPSA) is 70.7 Å². The van der Waals surface area contributed by atoms with Gasteiger partial charge in [-0.05, 0) is 44.3 Å². The molecular weight excluding hydrogens is 337 g/mol. The molecule has 6 nitrogen and oxygen atoms in total. The fourth-order valence-electron chi connectivity index (χ4n) is 2.32. The summed E-state index contributed by atoms with van der Waals surface area (Å²) < 4.78 is 18.4. The number of para-hydroxylation sites is 2. The van der Waals surface area contributed by atoms with E-state index in [0.717, 1.165) is 0 Å². The molecule has 1 atom stereocenters. The molecule has 7 heteroatoms. The molecule has 2 aromatic rings. The predicted molar refractivity (Wildman–Crippen MR) is 98.7 cm³/mol. The van der Waals surface area contributed by atoms with Crippen LogP contribution < -0.4 is 15.4 Å². The van der Waals surface area contributed by atoms with Gasteiger partial charge >= 0.3 is 0 Å². The van der Waals surface area contributed by atoms with E-state index in [0.29, 0.717) is 17.1 Å². The van der Waals surface area contributed by atoms with Crippen LogP contribution in [0.5, 0.6) is 5.75 Å². The fourth-order valence-corrected chi connectivity index (χ4v) is 2.32. The molecule has 0 saturated heterocycles. The summed E-state index contributed by atoms with van der Waals surface area (Å²) in [5.74, 6) is -0.481.